The summed E-state index contributed by atoms with van der Waals surface area (Å²) in [5, 5.41) is 0. The van der Waals surface area contributed by atoms with Crippen LogP contribution in [0.2, 0.25) is 0 Å². The second-order valence-electron chi connectivity index (χ2n) is 3.24. The molecule has 4 N–H and O–H groups in total. The molecule has 0 fully saturated rings. The number of halogens is 2. The molecule has 0 aromatic heterocycles. The molecular weight excluding hydrogens is 259 g/mol. The fourth-order valence-corrected chi connectivity index (χ4v) is 1.21. The summed E-state index contributed by atoms with van der Waals surface area (Å²) in [4.78, 5) is 0. The number of nitrogens with two attached hydrogens (primary N) is 2. The maximum absolute atomic E-state index is 5.58. The first-order valence-electron chi connectivity index (χ1n) is 4.63. The third-order valence-corrected chi connectivity index (χ3v) is 2.00. The van der Waals surface area contributed by atoms with Crippen molar-refractivity contribution >= 4 is 36.2 Å². The first kappa shape index (κ1) is 15.4. The maximum Gasteiger partial charge on any atom is 0.127 e. The number of hydrogen-bond acceptors (Lipinski definition) is 3. The highest BCUT2D eigenvalue weighted by Gasteiger charge is 1.96. The lowest BCUT2D eigenvalue weighted by molar-refractivity contribution is 0.483. The van der Waals surface area contributed by atoms with E-state index in [0.717, 1.165) is 22.9 Å². The molecule has 0 spiro atoms. The zero-order valence-electron chi connectivity index (χ0n) is 9.00. The van der Waals surface area contributed by atoms with Crippen LogP contribution in [0.4, 0.5) is 11.4 Å². The van der Waals surface area contributed by atoms with Gasteiger partial charge in [-0.1, -0.05) is 0 Å². The molecule has 0 aliphatic heterocycles. The molecule has 0 aliphatic carbocycles. The Labute approximate surface area is 113 Å². The SMILES string of the molecule is Cl.Cl.Nc1ccc(Oc2ccc(N)cc2)cc1. The Morgan fingerprint density at radius 1 is 0.588 bits per heavy atom. The molecule has 2 aromatic rings. The van der Waals surface area contributed by atoms with Gasteiger partial charge in [-0.05, 0) is 48.5 Å². The molecule has 92 valence electrons. The van der Waals surface area contributed by atoms with Gasteiger partial charge in [0.1, 0.15) is 11.5 Å². The van der Waals surface area contributed by atoms with E-state index in [1.54, 1.807) is 24.3 Å². The zero-order chi connectivity index (χ0) is 10.7. The smallest absolute Gasteiger partial charge is 0.127 e. The third kappa shape index (κ3) is 4.43. The molecule has 0 aliphatic rings. The summed E-state index contributed by atoms with van der Waals surface area (Å²) in [6.45, 7) is 0. The van der Waals surface area contributed by atoms with Crippen LogP contribution in [0.5, 0.6) is 11.5 Å². The topological polar surface area (TPSA) is 61.3 Å². The normalized spacial score (nSPS) is 8.71. The lowest BCUT2D eigenvalue weighted by Crippen LogP contribution is -1.87. The van der Waals surface area contributed by atoms with Crippen molar-refractivity contribution in [3.8, 4) is 11.5 Å². The Hall–Kier alpha value is -1.58. The molecule has 0 saturated heterocycles. The molecule has 0 heterocycles. The molecule has 0 amide bonds. The van der Waals surface area contributed by atoms with Crippen LogP contribution in [-0.2, 0) is 0 Å². The Kier molecular flexibility index (Phi) is 6.25. The summed E-state index contributed by atoms with van der Waals surface area (Å²) in [6, 6.07) is 14.5. The monoisotopic (exact) mass is 272 g/mol. The van der Waals surface area contributed by atoms with Gasteiger partial charge >= 0.3 is 0 Å². The van der Waals surface area contributed by atoms with Crippen molar-refractivity contribution in [3.05, 3.63) is 48.5 Å². The predicted octanol–water partition coefficient (Wildman–Crippen LogP) is 3.49. The lowest BCUT2D eigenvalue weighted by atomic mass is 10.3. The number of rotatable bonds is 2. The lowest BCUT2D eigenvalue weighted by Gasteiger charge is -2.05. The molecular formula is C12H14Cl2N2O. The highest BCUT2D eigenvalue weighted by atomic mass is 35.5. The molecule has 0 saturated carbocycles. The van der Waals surface area contributed by atoms with Gasteiger partial charge in [0.15, 0.2) is 0 Å². The van der Waals surface area contributed by atoms with Gasteiger partial charge in [-0.3, -0.25) is 0 Å². The third-order valence-electron chi connectivity index (χ3n) is 2.00. The maximum atomic E-state index is 5.58. The fourth-order valence-electron chi connectivity index (χ4n) is 1.21. The summed E-state index contributed by atoms with van der Waals surface area (Å²) in [5.74, 6) is 1.52. The van der Waals surface area contributed by atoms with Crippen LogP contribution in [0.15, 0.2) is 48.5 Å². The molecule has 0 bridgehead atoms. The van der Waals surface area contributed by atoms with Crippen LogP contribution in [0.3, 0.4) is 0 Å². The van der Waals surface area contributed by atoms with E-state index in [1.807, 2.05) is 24.3 Å². The van der Waals surface area contributed by atoms with E-state index < -0.39 is 0 Å². The van der Waals surface area contributed by atoms with E-state index in [0.29, 0.717) is 0 Å². The minimum atomic E-state index is 0. The van der Waals surface area contributed by atoms with E-state index in [1.165, 1.54) is 0 Å². The highest BCUT2D eigenvalue weighted by Crippen LogP contribution is 2.22. The van der Waals surface area contributed by atoms with E-state index in [2.05, 4.69) is 0 Å². The van der Waals surface area contributed by atoms with Crippen LogP contribution in [0.1, 0.15) is 0 Å². The Bertz CT molecular complexity index is 400. The summed E-state index contributed by atoms with van der Waals surface area (Å²) in [7, 11) is 0. The predicted molar refractivity (Wildman–Crippen MR) is 76.3 cm³/mol. The van der Waals surface area contributed by atoms with Gasteiger partial charge in [0.05, 0.1) is 0 Å². The first-order chi connectivity index (χ1) is 7.24. The average Bonchev–Trinajstić information content (AvgIpc) is 2.25. The van der Waals surface area contributed by atoms with Crippen LogP contribution < -0.4 is 16.2 Å². The minimum Gasteiger partial charge on any atom is -0.457 e. The second-order valence-corrected chi connectivity index (χ2v) is 3.24. The summed E-state index contributed by atoms with van der Waals surface area (Å²) >= 11 is 0. The molecule has 17 heavy (non-hydrogen) atoms. The van der Waals surface area contributed by atoms with Crippen LogP contribution >= 0.6 is 24.8 Å². The number of ether oxygens (including phenoxy) is 1. The van der Waals surface area contributed by atoms with Crippen molar-refractivity contribution in [2.24, 2.45) is 0 Å². The zero-order valence-corrected chi connectivity index (χ0v) is 10.6. The number of nitrogen functional groups attached to an aromatic ring is 2. The van der Waals surface area contributed by atoms with Gasteiger partial charge in [0.2, 0.25) is 0 Å². The average molecular weight is 273 g/mol. The van der Waals surface area contributed by atoms with Crippen molar-refractivity contribution in [2.45, 2.75) is 0 Å². The quantitative estimate of drug-likeness (QED) is 0.823. The van der Waals surface area contributed by atoms with Crippen molar-refractivity contribution in [2.75, 3.05) is 11.5 Å². The fraction of sp³-hybridized carbons (Fsp3) is 0. The van der Waals surface area contributed by atoms with E-state index in [4.69, 9.17) is 16.2 Å². The minimum absolute atomic E-state index is 0. The van der Waals surface area contributed by atoms with Gasteiger partial charge in [0, 0.05) is 11.4 Å². The molecule has 0 atom stereocenters. The molecule has 2 rings (SSSR count). The van der Waals surface area contributed by atoms with Gasteiger partial charge < -0.3 is 16.2 Å². The first-order valence-corrected chi connectivity index (χ1v) is 4.63. The highest BCUT2D eigenvalue weighted by molar-refractivity contribution is 5.85. The number of anilines is 2. The van der Waals surface area contributed by atoms with Gasteiger partial charge in [-0.2, -0.15) is 0 Å². The van der Waals surface area contributed by atoms with Gasteiger partial charge in [0.25, 0.3) is 0 Å². The van der Waals surface area contributed by atoms with E-state index in [9.17, 15) is 0 Å². The number of benzene rings is 2. The van der Waals surface area contributed by atoms with E-state index in [-0.39, 0.29) is 24.8 Å². The van der Waals surface area contributed by atoms with Crippen molar-refractivity contribution < 1.29 is 4.74 Å². The van der Waals surface area contributed by atoms with E-state index >= 15 is 0 Å². The van der Waals surface area contributed by atoms with Crippen LogP contribution in [0.25, 0.3) is 0 Å². The molecule has 3 nitrogen and oxygen atoms in total. The number of hydrogen-bond donors (Lipinski definition) is 2. The Morgan fingerprint density at radius 3 is 1.18 bits per heavy atom. The van der Waals surface area contributed by atoms with Crippen molar-refractivity contribution in [1.82, 2.24) is 0 Å². The molecule has 2 aromatic carbocycles. The summed E-state index contributed by atoms with van der Waals surface area (Å²) < 4.78 is 5.58. The van der Waals surface area contributed by atoms with Crippen LogP contribution in [0, 0.1) is 0 Å². The molecule has 0 radical (unpaired) electrons. The summed E-state index contributed by atoms with van der Waals surface area (Å²) in [5.41, 5.74) is 12.6. The van der Waals surface area contributed by atoms with Gasteiger partial charge in [-0.25, -0.2) is 0 Å². The van der Waals surface area contributed by atoms with Crippen molar-refractivity contribution in [1.29, 1.82) is 0 Å². The van der Waals surface area contributed by atoms with Crippen molar-refractivity contribution in [3.63, 3.8) is 0 Å². The Morgan fingerprint density at radius 2 is 0.882 bits per heavy atom. The van der Waals surface area contributed by atoms with Crippen LogP contribution in [-0.4, -0.2) is 0 Å². The van der Waals surface area contributed by atoms with Gasteiger partial charge in [-0.15, -0.1) is 24.8 Å². The standard InChI is InChI=1S/C12H12N2O.2ClH/c13-9-1-5-11(6-2-9)15-12-7-3-10(14)4-8-12;;/h1-8H,13-14H2;2*1H. The largest absolute Gasteiger partial charge is 0.457 e. The molecule has 0 unspecified atom stereocenters. The molecule has 5 heteroatoms. The second kappa shape index (κ2) is 6.89. The summed E-state index contributed by atoms with van der Waals surface area (Å²) in [6.07, 6.45) is 0. The Balaban J connectivity index is 0.00000128.